The van der Waals surface area contributed by atoms with Crippen LogP contribution in [0.25, 0.3) is 0 Å². The van der Waals surface area contributed by atoms with Gasteiger partial charge in [0.15, 0.2) is 0 Å². The van der Waals surface area contributed by atoms with Crippen molar-refractivity contribution in [2.75, 3.05) is 0 Å². The first-order valence-corrected chi connectivity index (χ1v) is 14.8. The Morgan fingerprint density at radius 3 is 2.27 bits per heavy atom. The first kappa shape index (κ1) is 25.6. The lowest BCUT2D eigenvalue weighted by Gasteiger charge is -2.61. The third-order valence-electron chi connectivity index (χ3n) is 12.2. The second kappa shape index (κ2) is 9.85. The van der Waals surface area contributed by atoms with Gasteiger partial charge in [0.25, 0.3) is 0 Å². The van der Waals surface area contributed by atoms with Crippen LogP contribution >= 0.6 is 0 Å². The number of esters is 1. The lowest BCUT2D eigenvalue weighted by atomic mass is 9.44. The minimum Gasteiger partial charge on any atom is -0.463 e. The molecule has 0 unspecified atom stereocenters. The van der Waals surface area contributed by atoms with E-state index >= 15 is 0 Å². The SMILES string of the molecule is CC[C@H](CC[C@@H](C)[C@H]1CC[C@H]2[C@@H]3CC[C@@H]4C[C@@H](OC(C)=O)CC[C@]4(C)[C@H]3CC[C@]12C)C(C)C. The topological polar surface area (TPSA) is 26.3 Å². The molecule has 4 rings (SSSR count). The monoisotopic (exact) mass is 458 g/mol. The maximum absolute atomic E-state index is 11.5. The van der Waals surface area contributed by atoms with Crippen molar-refractivity contribution < 1.29 is 9.53 Å². The van der Waals surface area contributed by atoms with Crippen molar-refractivity contribution in [3.8, 4) is 0 Å². The molecule has 190 valence electrons. The lowest BCUT2D eigenvalue weighted by Crippen LogP contribution is -2.54. The van der Waals surface area contributed by atoms with Crippen LogP contribution in [-0.2, 0) is 9.53 Å². The Balaban J connectivity index is 1.42. The average Bonchev–Trinajstić information content (AvgIpc) is 3.11. The number of carbonyl (C=O) groups is 1. The number of hydrogen-bond acceptors (Lipinski definition) is 2. The smallest absolute Gasteiger partial charge is 0.302 e. The molecule has 0 radical (unpaired) electrons. The van der Waals surface area contributed by atoms with Crippen molar-refractivity contribution >= 4 is 5.97 Å². The summed E-state index contributed by atoms with van der Waals surface area (Å²) < 4.78 is 5.67. The van der Waals surface area contributed by atoms with Gasteiger partial charge in [-0.1, -0.05) is 54.4 Å². The zero-order valence-electron chi connectivity index (χ0n) is 23.0. The molecule has 2 heteroatoms. The highest BCUT2D eigenvalue weighted by atomic mass is 16.5. The molecule has 0 aromatic heterocycles. The van der Waals surface area contributed by atoms with E-state index in [1.165, 1.54) is 64.2 Å². The summed E-state index contributed by atoms with van der Waals surface area (Å²) in [6, 6.07) is 0. The maximum Gasteiger partial charge on any atom is 0.302 e. The normalized spacial score (nSPS) is 44.5. The van der Waals surface area contributed by atoms with Gasteiger partial charge in [0.1, 0.15) is 6.10 Å². The van der Waals surface area contributed by atoms with E-state index in [1.807, 2.05) is 0 Å². The molecule has 4 aliphatic rings. The van der Waals surface area contributed by atoms with E-state index in [0.717, 1.165) is 60.2 Å². The van der Waals surface area contributed by atoms with E-state index in [0.29, 0.717) is 10.8 Å². The molecular formula is C31H54O2. The molecule has 2 nitrogen and oxygen atoms in total. The first-order chi connectivity index (χ1) is 15.6. The average molecular weight is 459 g/mol. The largest absolute Gasteiger partial charge is 0.463 e. The lowest BCUT2D eigenvalue weighted by molar-refractivity contribution is -0.160. The Labute approximate surface area is 205 Å². The summed E-state index contributed by atoms with van der Waals surface area (Å²) in [5.41, 5.74) is 1.06. The minimum atomic E-state index is -0.0875. The Morgan fingerprint density at radius 1 is 0.909 bits per heavy atom. The molecule has 0 N–H and O–H groups in total. The van der Waals surface area contributed by atoms with E-state index in [1.54, 1.807) is 6.92 Å². The molecule has 0 spiro atoms. The van der Waals surface area contributed by atoms with E-state index in [9.17, 15) is 4.79 Å². The highest BCUT2D eigenvalue weighted by Gasteiger charge is 2.60. The van der Waals surface area contributed by atoms with Gasteiger partial charge >= 0.3 is 5.97 Å². The molecule has 0 aromatic rings. The van der Waals surface area contributed by atoms with Gasteiger partial charge in [0.2, 0.25) is 0 Å². The van der Waals surface area contributed by atoms with Crippen LogP contribution in [0.15, 0.2) is 0 Å². The van der Waals surface area contributed by atoms with Crippen LogP contribution in [0, 0.1) is 58.2 Å². The van der Waals surface area contributed by atoms with Gasteiger partial charge in [-0.2, -0.15) is 0 Å². The summed E-state index contributed by atoms with van der Waals surface area (Å²) in [4.78, 5) is 11.5. The molecular weight excluding hydrogens is 404 g/mol. The summed E-state index contributed by atoms with van der Waals surface area (Å²) in [5.74, 6) is 7.06. The Kier molecular flexibility index (Phi) is 7.63. The summed E-state index contributed by atoms with van der Waals surface area (Å²) >= 11 is 0. The van der Waals surface area contributed by atoms with Gasteiger partial charge in [0, 0.05) is 6.92 Å². The molecule has 4 fully saturated rings. The van der Waals surface area contributed by atoms with Crippen LogP contribution in [0.1, 0.15) is 126 Å². The Morgan fingerprint density at radius 2 is 1.61 bits per heavy atom. The molecule has 4 saturated carbocycles. The van der Waals surface area contributed by atoms with Crippen LogP contribution in [-0.4, -0.2) is 12.1 Å². The van der Waals surface area contributed by atoms with E-state index in [4.69, 9.17) is 4.74 Å². The van der Waals surface area contributed by atoms with E-state index < -0.39 is 0 Å². The van der Waals surface area contributed by atoms with Crippen molar-refractivity contribution in [2.24, 2.45) is 58.2 Å². The molecule has 0 saturated heterocycles. The van der Waals surface area contributed by atoms with Crippen molar-refractivity contribution in [3.63, 3.8) is 0 Å². The van der Waals surface area contributed by atoms with E-state index in [-0.39, 0.29) is 12.1 Å². The Hall–Kier alpha value is -0.530. The molecule has 0 heterocycles. The fourth-order valence-electron chi connectivity index (χ4n) is 10.2. The summed E-state index contributed by atoms with van der Waals surface area (Å²) in [6.07, 6.45) is 16.6. The van der Waals surface area contributed by atoms with Gasteiger partial charge in [-0.15, -0.1) is 0 Å². The first-order valence-electron chi connectivity index (χ1n) is 14.8. The second-order valence-corrected chi connectivity index (χ2v) is 13.9. The standard InChI is InChI=1S/C31H54O2/c1-8-23(20(2)3)10-9-21(4)27-13-14-28-26-12-11-24-19-25(33-22(5)32)15-17-30(24,6)29(26)16-18-31(27,28)7/h20-21,23-29H,8-19H2,1-7H3/t21-,23-,24-,25+,26+,27-,28+,29+,30+,31-/m1/s1. The predicted molar refractivity (Wildman–Crippen MR) is 138 cm³/mol. The zero-order chi connectivity index (χ0) is 24.0. The zero-order valence-corrected chi connectivity index (χ0v) is 23.0. The highest BCUT2D eigenvalue weighted by molar-refractivity contribution is 5.66. The molecule has 33 heavy (non-hydrogen) atoms. The van der Waals surface area contributed by atoms with Crippen molar-refractivity contribution in [1.29, 1.82) is 0 Å². The quantitative estimate of drug-likeness (QED) is 0.357. The van der Waals surface area contributed by atoms with Gasteiger partial charge in [-0.25, -0.2) is 0 Å². The van der Waals surface area contributed by atoms with Crippen LogP contribution in [0.2, 0.25) is 0 Å². The fourth-order valence-corrected chi connectivity index (χ4v) is 10.2. The molecule has 0 amide bonds. The van der Waals surface area contributed by atoms with Crippen molar-refractivity contribution in [3.05, 3.63) is 0 Å². The van der Waals surface area contributed by atoms with Crippen LogP contribution in [0.3, 0.4) is 0 Å². The molecule has 0 bridgehead atoms. The molecule has 0 aliphatic heterocycles. The van der Waals surface area contributed by atoms with Gasteiger partial charge < -0.3 is 4.74 Å². The van der Waals surface area contributed by atoms with Crippen molar-refractivity contribution in [2.45, 2.75) is 132 Å². The number of carbonyl (C=O) groups excluding carboxylic acids is 1. The Bertz CT molecular complexity index is 684. The predicted octanol–water partition coefficient (Wildman–Crippen LogP) is 8.68. The van der Waals surface area contributed by atoms with E-state index in [2.05, 4.69) is 41.5 Å². The third-order valence-corrected chi connectivity index (χ3v) is 12.2. The number of rotatable bonds is 7. The summed E-state index contributed by atoms with van der Waals surface area (Å²) in [7, 11) is 0. The van der Waals surface area contributed by atoms with Crippen molar-refractivity contribution in [1.82, 2.24) is 0 Å². The second-order valence-electron chi connectivity index (χ2n) is 13.9. The summed E-state index contributed by atoms with van der Waals surface area (Å²) in [6.45, 7) is 16.8. The van der Waals surface area contributed by atoms with Gasteiger partial charge in [0.05, 0.1) is 0 Å². The number of fused-ring (bicyclic) bond motifs is 5. The molecule has 10 atom stereocenters. The summed E-state index contributed by atoms with van der Waals surface area (Å²) in [5, 5.41) is 0. The van der Waals surface area contributed by atoms with Crippen LogP contribution in [0.5, 0.6) is 0 Å². The maximum atomic E-state index is 11.5. The third kappa shape index (κ3) is 4.67. The molecule has 0 aromatic carbocycles. The number of hydrogen-bond donors (Lipinski definition) is 0. The highest BCUT2D eigenvalue weighted by Crippen LogP contribution is 2.68. The number of ether oxygens (including phenoxy) is 1. The van der Waals surface area contributed by atoms with Gasteiger partial charge in [-0.05, 0) is 122 Å². The van der Waals surface area contributed by atoms with Crippen LogP contribution < -0.4 is 0 Å². The fraction of sp³-hybridized carbons (Fsp3) is 0.968. The van der Waals surface area contributed by atoms with Crippen LogP contribution in [0.4, 0.5) is 0 Å². The van der Waals surface area contributed by atoms with Gasteiger partial charge in [-0.3, -0.25) is 4.79 Å². The molecule has 4 aliphatic carbocycles. The minimum absolute atomic E-state index is 0.0875.